The molecule has 0 bridgehead atoms. The molecule has 0 radical (unpaired) electrons. The van der Waals surface area contributed by atoms with Crippen LogP contribution in [0.5, 0.6) is 11.5 Å². The summed E-state index contributed by atoms with van der Waals surface area (Å²) in [7, 11) is 0. The van der Waals surface area contributed by atoms with Gasteiger partial charge in [0.15, 0.2) is 11.5 Å². The number of aliphatic hydroxyl groups excluding tert-OH is 1. The normalized spacial score (nSPS) is 17.6. The topological polar surface area (TPSA) is 88.1 Å². The summed E-state index contributed by atoms with van der Waals surface area (Å²) in [4.78, 5) is 26.4. The Labute approximate surface area is 150 Å². The van der Waals surface area contributed by atoms with Crippen molar-refractivity contribution in [2.75, 3.05) is 24.8 Å². The van der Waals surface area contributed by atoms with Gasteiger partial charge in [-0.25, -0.2) is 0 Å². The number of hydrogen-bond donors (Lipinski definition) is 2. The molecule has 2 heterocycles. The highest BCUT2D eigenvalue weighted by molar-refractivity contribution is 6.01. The van der Waals surface area contributed by atoms with Crippen LogP contribution >= 0.6 is 0 Å². The predicted molar refractivity (Wildman–Crippen MR) is 93.4 cm³/mol. The smallest absolute Gasteiger partial charge is 0.251 e. The second-order valence-corrected chi connectivity index (χ2v) is 6.24. The summed E-state index contributed by atoms with van der Waals surface area (Å²) in [6.45, 7) is 0.194. The van der Waals surface area contributed by atoms with E-state index in [2.05, 4.69) is 5.32 Å². The molecule has 7 heteroatoms. The molecule has 2 aromatic carbocycles. The van der Waals surface area contributed by atoms with Gasteiger partial charge in [0.05, 0.1) is 19.2 Å². The average Bonchev–Trinajstić information content (AvgIpc) is 3.12. The third kappa shape index (κ3) is 3.09. The zero-order valence-electron chi connectivity index (χ0n) is 14.0. The molecule has 0 saturated carbocycles. The second-order valence-electron chi connectivity index (χ2n) is 6.24. The molecular formula is C19H18N2O5. The number of carbonyl (C=O) groups is 2. The standard InChI is InChI=1S/C19H18N2O5/c22-14-7-12-3-1-2-4-15(12)21(10-14)18(23)9-20-19(24)13-5-6-16-17(8-13)26-11-25-16/h1-6,8,14,22H,7,9-11H2,(H,20,24). The van der Waals surface area contributed by atoms with E-state index in [1.807, 2.05) is 24.3 Å². The van der Waals surface area contributed by atoms with Gasteiger partial charge in [-0.15, -0.1) is 0 Å². The number of fused-ring (bicyclic) bond motifs is 2. The van der Waals surface area contributed by atoms with Crippen molar-refractivity contribution in [1.82, 2.24) is 5.32 Å². The Morgan fingerprint density at radius 3 is 2.85 bits per heavy atom. The van der Waals surface area contributed by atoms with Gasteiger partial charge in [0.2, 0.25) is 12.7 Å². The molecule has 1 atom stereocenters. The van der Waals surface area contributed by atoms with Crippen molar-refractivity contribution in [3.8, 4) is 11.5 Å². The van der Waals surface area contributed by atoms with Crippen LogP contribution in [0.3, 0.4) is 0 Å². The SMILES string of the molecule is O=C(NCC(=O)N1CC(O)Cc2ccccc21)c1ccc2c(c1)OCO2. The number of anilines is 1. The van der Waals surface area contributed by atoms with Crippen LogP contribution in [0.2, 0.25) is 0 Å². The van der Waals surface area contributed by atoms with Crippen molar-refractivity contribution >= 4 is 17.5 Å². The van der Waals surface area contributed by atoms with Gasteiger partial charge in [-0.1, -0.05) is 18.2 Å². The van der Waals surface area contributed by atoms with Gasteiger partial charge < -0.3 is 24.8 Å². The fourth-order valence-corrected chi connectivity index (χ4v) is 3.20. The van der Waals surface area contributed by atoms with Crippen molar-refractivity contribution in [2.24, 2.45) is 0 Å². The van der Waals surface area contributed by atoms with E-state index < -0.39 is 6.10 Å². The zero-order valence-corrected chi connectivity index (χ0v) is 14.0. The summed E-state index contributed by atoms with van der Waals surface area (Å²) in [6, 6.07) is 12.3. The summed E-state index contributed by atoms with van der Waals surface area (Å²) >= 11 is 0. The number of para-hydroxylation sites is 1. The molecule has 0 aliphatic carbocycles. The molecule has 0 aromatic heterocycles. The molecule has 26 heavy (non-hydrogen) atoms. The zero-order chi connectivity index (χ0) is 18.1. The van der Waals surface area contributed by atoms with Crippen LogP contribution in [0, 0.1) is 0 Å². The van der Waals surface area contributed by atoms with Crippen molar-refractivity contribution in [3.63, 3.8) is 0 Å². The number of benzene rings is 2. The third-order valence-corrected chi connectivity index (χ3v) is 4.47. The van der Waals surface area contributed by atoms with Crippen molar-refractivity contribution < 1.29 is 24.2 Å². The maximum atomic E-state index is 12.6. The van der Waals surface area contributed by atoms with Gasteiger partial charge in [0, 0.05) is 17.7 Å². The lowest BCUT2D eigenvalue weighted by Crippen LogP contribution is -2.46. The third-order valence-electron chi connectivity index (χ3n) is 4.47. The minimum atomic E-state index is -0.613. The molecule has 0 fully saturated rings. The average molecular weight is 354 g/mol. The molecule has 0 saturated heterocycles. The van der Waals surface area contributed by atoms with E-state index in [-0.39, 0.29) is 31.7 Å². The van der Waals surface area contributed by atoms with Crippen LogP contribution in [-0.2, 0) is 11.2 Å². The van der Waals surface area contributed by atoms with Crippen molar-refractivity contribution in [3.05, 3.63) is 53.6 Å². The van der Waals surface area contributed by atoms with Crippen LogP contribution in [0.25, 0.3) is 0 Å². The molecule has 2 aliphatic rings. The van der Waals surface area contributed by atoms with Crippen molar-refractivity contribution in [1.29, 1.82) is 0 Å². The number of amides is 2. The first-order valence-corrected chi connectivity index (χ1v) is 8.36. The fourth-order valence-electron chi connectivity index (χ4n) is 3.20. The molecule has 4 rings (SSSR count). The predicted octanol–water partition coefficient (Wildman–Crippen LogP) is 1.10. The first kappa shape index (κ1) is 16.4. The number of carbonyl (C=O) groups excluding carboxylic acids is 2. The minimum absolute atomic E-state index is 0.135. The van der Waals surface area contributed by atoms with E-state index in [9.17, 15) is 14.7 Å². The molecule has 2 aromatic rings. The Morgan fingerprint density at radius 1 is 1.15 bits per heavy atom. The highest BCUT2D eigenvalue weighted by Crippen LogP contribution is 2.32. The van der Waals surface area contributed by atoms with Crippen LogP contribution in [-0.4, -0.2) is 42.9 Å². The Kier molecular flexibility index (Phi) is 4.22. The maximum Gasteiger partial charge on any atom is 0.251 e. The Morgan fingerprint density at radius 2 is 1.96 bits per heavy atom. The van der Waals surface area contributed by atoms with Gasteiger partial charge >= 0.3 is 0 Å². The van der Waals surface area contributed by atoms with Crippen LogP contribution in [0.15, 0.2) is 42.5 Å². The Bertz CT molecular complexity index is 867. The van der Waals surface area contributed by atoms with E-state index in [0.717, 1.165) is 11.3 Å². The van der Waals surface area contributed by atoms with Crippen LogP contribution in [0.1, 0.15) is 15.9 Å². The van der Waals surface area contributed by atoms with Crippen molar-refractivity contribution in [2.45, 2.75) is 12.5 Å². The quantitative estimate of drug-likeness (QED) is 0.862. The summed E-state index contributed by atoms with van der Waals surface area (Å²) in [5.74, 6) is 0.460. The molecule has 0 spiro atoms. The van der Waals surface area contributed by atoms with Gasteiger partial charge in [-0.05, 0) is 29.8 Å². The van der Waals surface area contributed by atoms with Crippen LogP contribution < -0.4 is 19.7 Å². The summed E-state index contributed by atoms with van der Waals surface area (Å²) in [5, 5.41) is 12.6. The maximum absolute atomic E-state index is 12.6. The Hall–Kier alpha value is -3.06. The first-order valence-electron chi connectivity index (χ1n) is 8.36. The lowest BCUT2D eigenvalue weighted by molar-refractivity contribution is -0.118. The molecule has 7 nitrogen and oxygen atoms in total. The number of ether oxygens (including phenoxy) is 2. The molecule has 134 valence electrons. The van der Waals surface area contributed by atoms with Crippen LogP contribution in [0.4, 0.5) is 5.69 Å². The summed E-state index contributed by atoms with van der Waals surface area (Å²) in [6.07, 6.45) is -0.0952. The van der Waals surface area contributed by atoms with Gasteiger partial charge in [0.1, 0.15) is 0 Å². The summed E-state index contributed by atoms with van der Waals surface area (Å²) < 4.78 is 10.5. The van der Waals surface area contributed by atoms with E-state index in [0.29, 0.717) is 23.5 Å². The summed E-state index contributed by atoms with van der Waals surface area (Å²) in [5.41, 5.74) is 2.09. The molecule has 2 amide bonds. The van der Waals surface area contributed by atoms with Gasteiger partial charge in [-0.2, -0.15) is 0 Å². The monoisotopic (exact) mass is 354 g/mol. The lowest BCUT2D eigenvalue weighted by atomic mass is 9.99. The largest absolute Gasteiger partial charge is 0.454 e. The first-order chi connectivity index (χ1) is 12.6. The lowest BCUT2D eigenvalue weighted by Gasteiger charge is -2.32. The number of β-amino-alcohol motifs (C(OH)–C–C–N with tert-alkyl or cyclic N) is 1. The highest BCUT2D eigenvalue weighted by Gasteiger charge is 2.27. The number of rotatable bonds is 3. The van der Waals surface area contributed by atoms with E-state index in [1.54, 1.807) is 18.2 Å². The van der Waals surface area contributed by atoms with E-state index in [1.165, 1.54) is 4.90 Å². The van der Waals surface area contributed by atoms with Gasteiger partial charge in [-0.3, -0.25) is 9.59 Å². The van der Waals surface area contributed by atoms with E-state index >= 15 is 0 Å². The second kappa shape index (κ2) is 6.68. The molecule has 2 N–H and O–H groups in total. The van der Waals surface area contributed by atoms with Gasteiger partial charge in [0.25, 0.3) is 5.91 Å². The molecular weight excluding hydrogens is 336 g/mol. The minimum Gasteiger partial charge on any atom is -0.454 e. The number of aliphatic hydroxyl groups is 1. The fraction of sp³-hybridized carbons (Fsp3) is 0.263. The number of hydrogen-bond acceptors (Lipinski definition) is 5. The Balaban J connectivity index is 1.43. The molecule has 1 unspecified atom stereocenters. The van der Waals surface area contributed by atoms with E-state index in [4.69, 9.17) is 9.47 Å². The number of nitrogens with zero attached hydrogens (tertiary/aromatic N) is 1. The number of nitrogens with one attached hydrogen (secondary N) is 1. The highest BCUT2D eigenvalue weighted by atomic mass is 16.7. The molecule has 2 aliphatic heterocycles.